The van der Waals surface area contributed by atoms with Crippen LogP contribution in [-0.4, -0.2) is 39.7 Å². The molecule has 146 valence electrons. The highest BCUT2D eigenvalue weighted by atomic mass is 16.2. The van der Waals surface area contributed by atoms with Gasteiger partial charge in [0.1, 0.15) is 0 Å². The van der Waals surface area contributed by atoms with Crippen LogP contribution >= 0.6 is 0 Å². The first kappa shape index (κ1) is 18.7. The second-order valence-corrected chi connectivity index (χ2v) is 7.72. The van der Waals surface area contributed by atoms with Crippen molar-refractivity contribution in [1.82, 2.24) is 14.8 Å². The van der Waals surface area contributed by atoms with Crippen LogP contribution in [0.25, 0.3) is 0 Å². The second-order valence-electron chi connectivity index (χ2n) is 7.72. The van der Waals surface area contributed by atoms with E-state index < -0.39 is 0 Å². The minimum atomic E-state index is 0.0898. The second kappa shape index (κ2) is 8.55. The predicted octanol–water partition coefficient (Wildman–Crippen LogP) is 3.50. The molecular weight excluding hydrogens is 350 g/mol. The van der Waals surface area contributed by atoms with Crippen molar-refractivity contribution in [2.75, 3.05) is 13.1 Å². The Hall–Kier alpha value is -2.69. The van der Waals surface area contributed by atoms with E-state index in [1.165, 1.54) is 11.1 Å². The SMILES string of the molecule is O=C1CCCN1CCC(=O)N(Cc1cccnc1)C1CCCc2ccccc21. The van der Waals surface area contributed by atoms with Crippen molar-refractivity contribution in [3.63, 3.8) is 0 Å². The zero-order valence-corrected chi connectivity index (χ0v) is 16.2. The Labute approximate surface area is 166 Å². The number of aryl methyl sites for hydroxylation is 1. The Kier molecular flexibility index (Phi) is 5.70. The molecule has 1 aliphatic carbocycles. The van der Waals surface area contributed by atoms with Crippen molar-refractivity contribution in [3.05, 3.63) is 65.5 Å². The van der Waals surface area contributed by atoms with Crippen molar-refractivity contribution >= 4 is 11.8 Å². The van der Waals surface area contributed by atoms with E-state index in [2.05, 4.69) is 29.2 Å². The number of hydrogen-bond acceptors (Lipinski definition) is 3. The molecule has 1 unspecified atom stereocenters. The Morgan fingerprint density at radius 2 is 2.04 bits per heavy atom. The van der Waals surface area contributed by atoms with Crippen LogP contribution in [0.15, 0.2) is 48.8 Å². The molecule has 1 aromatic heterocycles. The molecule has 5 heteroatoms. The van der Waals surface area contributed by atoms with Crippen molar-refractivity contribution < 1.29 is 9.59 Å². The van der Waals surface area contributed by atoms with Crippen molar-refractivity contribution in [2.24, 2.45) is 0 Å². The minimum absolute atomic E-state index is 0.0898. The summed E-state index contributed by atoms with van der Waals surface area (Å²) in [4.78, 5) is 33.2. The lowest BCUT2D eigenvalue weighted by molar-refractivity contribution is -0.136. The topological polar surface area (TPSA) is 53.5 Å². The summed E-state index contributed by atoms with van der Waals surface area (Å²) in [7, 11) is 0. The fourth-order valence-electron chi connectivity index (χ4n) is 4.43. The average molecular weight is 377 g/mol. The molecule has 0 saturated carbocycles. The summed E-state index contributed by atoms with van der Waals surface area (Å²) in [5, 5.41) is 0. The van der Waals surface area contributed by atoms with Crippen LogP contribution in [0.1, 0.15) is 54.8 Å². The summed E-state index contributed by atoms with van der Waals surface area (Å²) in [5.41, 5.74) is 3.65. The number of amides is 2. The maximum absolute atomic E-state index is 13.3. The molecule has 1 saturated heterocycles. The van der Waals surface area contributed by atoms with Gasteiger partial charge in [0.25, 0.3) is 0 Å². The van der Waals surface area contributed by atoms with Gasteiger partial charge in [0.15, 0.2) is 0 Å². The van der Waals surface area contributed by atoms with Crippen molar-refractivity contribution in [3.8, 4) is 0 Å². The Morgan fingerprint density at radius 3 is 2.82 bits per heavy atom. The number of nitrogens with zero attached hydrogens (tertiary/aromatic N) is 3. The van der Waals surface area contributed by atoms with Crippen LogP contribution in [0, 0.1) is 0 Å². The van der Waals surface area contributed by atoms with E-state index in [0.717, 1.165) is 37.8 Å². The number of fused-ring (bicyclic) bond motifs is 1. The summed E-state index contributed by atoms with van der Waals surface area (Å²) < 4.78 is 0. The van der Waals surface area contributed by atoms with E-state index >= 15 is 0 Å². The quantitative estimate of drug-likeness (QED) is 0.774. The van der Waals surface area contributed by atoms with Gasteiger partial charge in [0.2, 0.25) is 11.8 Å². The van der Waals surface area contributed by atoms with Crippen LogP contribution in [0.3, 0.4) is 0 Å². The molecule has 2 heterocycles. The Morgan fingerprint density at radius 1 is 1.14 bits per heavy atom. The van der Waals surface area contributed by atoms with Gasteiger partial charge in [-0.25, -0.2) is 0 Å². The monoisotopic (exact) mass is 377 g/mol. The predicted molar refractivity (Wildman–Crippen MR) is 107 cm³/mol. The van der Waals surface area contributed by atoms with Gasteiger partial charge in [-0.15, -0.1) is 0 Å². The Bertz CT molecular complexity index is 837. The zero-order chi connectivity index (χ0) is 19.3. The fraction of sp³-hybridized carbons (Fsp3) is 0.435. The highest BCUT2D eigenvalue weighted by Crippen LogP contribution is 2.35. The third kappa shape index (κ3) is 4.08. The number of aromatic nitrogens is 1. The van der Waals surface area contributed by atoms with Gasteiger partial charge < -0.3 is 9.80 Å². The molecule has 1 aromatic carbocycles. The summed E-state index contributed by atoms with van der Waals surface area (Å²) in [5.74, 6) is 0.292. The fourth-order valence-corrected chi connectivity index (χ4v) is 4.43. The van der Waals surface area contributed by atoms with Crippen LogP contribution in [0.2, 0.25) is 0 Å². The molecule has 5 nitrogen and oxygen atoms in total. The number of likely N-dealkylation sites (tertiary alicyclic amines) is 1. The van der Waals surface area contributed by atoms with E-state index in [1.807, 2.05) is 28.1 Å². The van der Waals surface area contributed by atoms with E-state index in [0.29, 0.717) is 25.9 Å². The maximum atomic E-state index is 13.3. The highest BCUT2D eigenvalue weighted by molar-refractivity contribution is 5.80. The van der Waals surface area contributed by atoms with Gasteiger partial charge in [-0.3, -0.25) is 14.6 Å². The van der Waals surface area contributed by atoms with Crippen molar-refractivity contribution in [2.45, 2.75) is 51.1 Å². The number of pyridine rings is 1. The zero-order valence-electron chi connectivity index (χ0n) is 16.2. The van der Waals surface area contributed by atoms with Gasteiger partial charge in [-0.1, -0.05) is 30.3 Å². The first-order valence-corrected chi connectivity index (χ1v) is 10.3. The van der Waals surface area contributed by atoms with E-state index in [4.69, 9.17) is 0 Å². The standard InChI is InChI=1S/C23H27N3O2/c27-22-11-5-14-25(22)15-12-23(28)26(17-18-6-4-13-24-16-18)21-10-3-8-19-7-1-2-9-20(19)21/h1-2,4,6-7,9,13,16,21H,3,5,8,10-12,14-15,17H2. The van der Waals surface area contributed by atoms with Gasteiger partial charge in [-0.05, 0) is 48.4 Å². The number of rotatable bonds is 6. The lowest BCUT2D eigenvalue weighted by Crippen LogP contribution is -2.38. The van der Waals surface area contributed by atoms with Gasteiger partial charge in [0, 0.05) is 44.9 Å². The first-order valence-electron chi connectivity index (χ1n) is 10.3. The normalized spacial score (nSPS) is 18.8. The molecule has 1 atom stereocenters. The molecule has 4 rings (SSSR count). The Balaban J connectivity index is 1.55. The van der Waals surface area contributed by atoms with Crippen LogP contribution in [-0.2, 0) is 22.6 Å². The molecule has 0 bridgehead atoms. The lowest BCUT2D eigenvalue weighted by atomic mass is 9.86. The largest absolute Gasteiger partial charge is 0.342 e. The maximum Gasteiger partial charge on any atom is 0.225 e. The highest BCUT2D eigenvalue weighted by Gasteiger charge is 2.30. The molecule has 1 aliphatic heterocycles. The summed E-state index contributed by atoms with van der Waals surface area (Å²) in [6, 6.07) is 12.5. The number of hydrogen-bond donors (Lipinski definition) is 0. The third-order valence-electron chi connectivity index (χ3n) is 5.88. The van der Waals surface area contributed by atoms with Crippen LogP contribution in [0.5, 0.6) is 0 Å². The lowest BCUT2D eigenvalue weighted by Gasteiger charge is -2.36. The molecular formula is C23H27N3O2. The molecule has 28 heavy (non-hydrogen) atoms. The van der Waals surface area contributed by atoms with Gasteiger partial charge in [-0.2, -0.15) is 0 Å². The molecule has 0 spiro atoms. The van der Waals surface area contributed by atoms with Gasteiger partial charge >= 0.3 is 0 Å². The number of carbonyl (C=O) groups excluding carboxylic acids is 2. The summed E-state index contributed by atoms with van der Waals surface area (Å²) in [6.07, 6.45) is 8.62. The third-order valence-corrected chi connectivity index (χ3v) is 5.88. The van der Waals surface area contributed by atoms with Crippen LogP contribution in [0.4, 0.5) is 0 Å². The van der Waals surface area contributed by atoms with Crippen LogP contribution < -0.4 is 0 Å². The van der Waals surface area contributed by atoms with E-state index in [-0.39, 0.29) is 17.9 Å². The molecule has 0 radical (unpaired) electrons. The first-order chi connectivity index (χ1) is 13.7. The van der Waals surface area contributed by atoms with Crippen molar-refractivity contribution in [1.29, 1.82) is 0 Å². The van der Waals surface area contributed by atoms with E-state index in [1.54, 1.807) is 6.20 Å². The van der Waals surface area contributed by atoms with E-state index in [9.17, 15) is 9.59 Å². The molecule has 2 aromatic rings. The number of benzene rings is 1. The molecule has 1 fully saturated rings. The smallest absolute Gasteiger partial charge is 0.225 e. The summed E-state index contributed by atoms with van der Waals surface area (Å²) in [6.45, 7) is 1.86. The number of carbonyl (C=O) groups is 2. The minimum Gasteiger partial charge on any atom is -0.342 e. The molecule has 2 amide bonds. The molecule has 2 aliphatic rings. The summed E-state index contributed by atoms with van der Waals surface area (Å²) >= 11 is 0. The van der Waals surface area contributed by atoms with Gasteiger partial charge in [0.05, 0.1) is 6.04 Å². The molecule has 0 N–H and O–H groups in total. The average Bonchev–Trinajstić information content (AvgIpc) is 3.15.